The average molecular weight is 294 g/mol. The Morgan fingerprint density at radius 3 is 2.29 bits per heavy atom. The van der Waals surface area contributed by atoms with Gasteiger partial charge in [0.1, 0.15) is 0 Å². The molecule has 0 amide bonds. The van der Waals surface area contributed by atoms with Crippen LogP contribution in [0.15, 0.2) is 34.1 Å². The fourth-order valence-electron chi connectivity index (χ4n) is 1.16. The van der Waals surface area contributed by atoms with Crippen LogP contribution in [0.1, 0.15) is 6.92 Å². The van der Waals surface area contributed by atoms with Gasteiger partial charge in [0.2, 0.25) is 0 Å². The van der Waals surface area contributed by atoms with E-state index in [1.807, 2.05) is 37.4 Å². The summed E-state index contributed by atoms with van der Waals surface area (Å²) in [6.45, 7) is 2.54. The standard InChI is InChI=1S/C11H15NO2S2.ClH/c1-3-12-10(11(13)14)16-9-6-4-8(15-2)5-7-9;/h4-7,10,12H,3H2,1-2H3,(H,13,14);1H. The molecule has 0 saturated heterocycles. The quantitative estimate of drug-likeness (QED) is 0.624. The smallest absolute Gasteiger partial charge is 0.331 e. The van der Waals surface area contributed by atoms with Gasteiger partial charge < -0.3 is 5.11 Å². The molecule has 0 aliphatic rings. The van der Waals surface area contributed by atoms with Gasteiger partial charge in [-0.25, -0.2) is 4.79 Å². The van der Waals surface area contributed by atoms with Crippen LogP contribution in [0.3, 0.4) is 0 Å². The molecule has 1 rings (SSSR count). The zero-order valence-electron chi connectivity index (χ0n) is 9.67. The van der Waals surface area contributed by atoms with Gasteiger partial charge in [0.25, 0.3) is 0 Å². The van der Waals surface area contributed by atoms with Crippen LogP contribution in [0.2, 0.25) is 0 Å². The third-order valence-electron chi connectivity index (χ3n) is 1.93. The van der Waals surface area contributed by atoms with Gasteiger partial charge >= 0.3 is 5.97 Å². The van der Waals surface area contributed by atoms with Gasteiger partial charge in [0.05, 0.1) is 0 Å². The molecule has 0 aliphatic carbocycles. The first-order chi connectivity index (χ1) is 7.67. The summed E-state index contributed by atoms with van der Waals surface area (Å²) in [5.74, 6) is -0.833. The summed E-state index contributed by atoms with van der Waals surface area (Å²) in [6, 6.07) is 7.89. The maximum Gasteiger partial charge on any atom is 0.331 e. The molecule has 0 fully saturated rings. The number of carboxylic acid groups (broad SMARTS) is 1. The minimum absolute atomic E-state index is 0. The van der Waals surface area contributed by atoms with E-state index in [1.165, 1.54) is 16.7 Å². The third kappa shape index (κ3) is 5.68. The predicted octanol–water partition coefficient (Wildman–Crippen LogP) is 2.94. The number of carboxylic acids is 1. The van der Waals surface area contributed by atoms with Gasteiger partial charge in [-0.05, 0) is 37.1 Å². The summed E-state index contributed by atoms with van der Waals surface area (Å²) in [7, 11) is 0. The number of rotatable bonds is 6. The summed E-state index contributed by atoms with van der Waals surface area (Å²) < 4.78 is 0. The normalized spacial score (nSPS) is 11.6. The number of nitrogens with one attached hydrogen (secondary N) is 1. The maximum absolute atomic E-state index is 10.9. The zero-order valence-corrected chi connectivity index (χ0v) is 12.1. The van der Waals surface area contributed by atoms with Crippen molar-refractivity contribution in [3.8, 4) is 0 Å². The van der Waals surface area contributed by atoms with Crippen LogP contribution < -0.4 is 5.32 Å². The van der Waals surface area contributed by atoms with Crippen LogP contribution in [0.25, 0.3) is 0 Å². The molecule has 0 radical (unpaired) electrons. The number of likely N-dealkylation sites (N-methyl/N-ethyl adjacent to an activating group) is 1. The van der Waals surface area contributed by atoms with Crippen molar-refractivity contribution in [2.75, 3.05) is 12.8 Å². The lowest BCUT2D eigenvalue weighted by molar-refractivity contribution is -0.136. The molecule has 1 atom stereocenters. The third-order valence-corrected chi connectivity index (χ3v) is 3.82. The molecule has 3 nitrogen and oxygen atoms in total. The molecule has 2 N–H and O–H groups in total. The first-order valence-electron chi connectivity index (χ1n) is 4.94. The molecule has 6 heteroatoms. The monoisotopic (exact) mass is 293 g/mol. The van der Waals surface area contributed by atoms with E-state index in [2.05, 4.69) is 5.32 Å². The van der Waals surface area contributed by atoms with Crippen molar-refractivity contribution in [2.24, 2.45) is 0 Å². The summed E-state index contributed by atoms with van der Waals surface area (Å²) >= 11 is 2.99. The van der Waals surface area contributed by atoms with Crippen molar-refractivity contribution >= 4 is 41.9 Å². The Hall–Kier alpha value is -0.360. The van der Waals surface area contributed by atoms with Gasteiger partial charge in [-0.1, -0.05) is 18.7 Å². The molecule has 0 heterocycles. The molecule has 0 bridgehead atoms. The summed E-state index contributed by atoms with van der Waals surface area (Å²) in [5, 5.41) is 11.3. The van der Waals surface area contributed by atoms with Gasteiger partial charge in [0.15, 0.2) is 5.37 Å². The second-order valence-electron chi connectivity index (χ2n) is 3.07. The van der Waals surface area contributed by atoms with Crippen molar-refractivity contribution in [3.05, 3.63) is 24.3 Å². The van der Waals surface area contributed by atoms with Crippen LogP contribution in [0, 0.1) is 0 Å². The van der Waals surface area contributed by atoms with E-state index in [0.29, 0.717) is 6.54 Å². The van der Waals surface area contributed by atoms with E-state index in [-0.39, 0.29) is 12.4 Å². The highest BCUT2D eigenvalue weighted by Crippen LogP contribution is 2.24. The Kier molecular flexibility index (Phi) is 8.51. The van der Waals surface area contributed by atoms with Crippen molar-refractivity contribution in [1.82, 2.24) is 5.32 Å². The number of thioether (sulfide) groups is 2. The van der Waals surface area contributed by atoms with Crippen molar-refractivity contribution in [1.29, 1.82) is 0 Å². The SMILES string of the molecule is CCNC(Sc1ccc(SC)cc1)C(=O)O.Cl. The molecule has 0 aliphatic heterocycles. The number of hydrogen-bond acceptors (Lipinski definition) is 4. The van der Waals surface area contributed by atoms with Gasteiger partial charge in [0, 0.05) is 9.79 Å². The number of halogens is 1. The molecule has 0 spiro atoms. The summed E-state index contributed by atoms with van der Waals surface area (Å²) in [5.41, 5.74) is 0. The molecular weight excluding hydrogens is 278 g/mol. The minimum atomic E-state index is -0.833. The lowest BCUT2D eigenvalue weighted by Gasteiger charge is -2.12. The topological polar surface area (TPSA) is 49.3 Å². The van der Waals surface area contributed by atoms with Crippen LogP contribution in [-0.2, 0) is 4.79 Å². The Morgan fingerprint density at radius 2 is 1.88 bits per heavy atom. The zero-order chi connectivity index (χ0) is 12.0. The Morgan fingerprint density at radius 1 is 1.35 bits per heavy atom. The van der Waals surface area contributed by atoms with Crippen LogP contribution >= 0.6 is 35.9 Å². The number of benzene rings is 1. The molecule has 96 valence electrons. The maximum atomic E-state index is 10.9. The largest absolute Gasteiger partial charge is 0.479 e. The average Bonchev–Trinajstić information content (AvgIpc) is 2.29. The Balaban J connectivity index is 0.00000256. The molecule has 1 aromatic carbocycles. The molecule has 0 aromatic heterocycles. The highest BCUT2D eigenvalue weighted by Gasteiger charge is 2.16. The highest BCUT2D eigenvalue weighted by molar-refractivity contribution is 8.00. The number of aliphatic carboxylic acids is 1. The van der Waals surface area contributed by atoms with E-state index in [4.69, 9.17) is 5.11 Å². The lowest BCUT2D eigenvalue weighted by atomic mass is 10.4. The molecule has 1 aromatic rings. The second kappa shape index (κ2) is 8.69. The number of hydrogen-bond donors (Lipinski definition) is 2. The van der Waals surface area contributed by atoms with E-state index >= 15 is 0 Å². The van der Waals surface area contributed by atoms with Gasteiger partial charge in [-0.2, -0.15) is 0 Å². The summed E-state index contributed by atoms with van der Waals surface area (Å²) in [4.78, 5) is 13.1. The summed E-state index contributed by atoms with van der Waals surface area (Å²) in [6.07, 6.45) is 2.01. The van der Waals surface area contributed by atoms with Crippen molar-refractivity contribution in [2.45, 2.75) is 22.1 Å². The van der Waals surface area contributed by atoms with Crippen LogP contribution in [-0.4, -0.2) is 29.3 Å². The second-order valence-corrected chi connectivity index (χ2v) is 5.13. The van der Waals surface area contributed by atoms with Crippen LogP contribution in [0.5, 0.6) is 0 Å². The lowest BCUT2D eigenvalue weighted by Crippen LogP contribution is -2.33. The van der Waals surface area contributed by atoms with Gasteiger partial charge in [-0.3, -0.25) is 5.32 Å². The Labute approximate surface area is 116 Å². The van der Waals surface area contributed by atoms with E-state index in [9.17, 15) is 4.79 Å². The Bertz CT molecular complexity index is 346. The molecular formula is C11H16ClNO2S2. The fraction of sp³-hybridized carbons (Fsp3) is 0.364. The first kappa shape index (κ1) is 16.6. The predicted molar refractivity (Wildman–Crippen MR) is 76.4 cm³/mol. The van der Waals surface area contributed by atoms with E-state index in [1.54, 1.807) is 11.8 Å². The van der Waals surface area contributed by atoms with Crippen molar-refractivity contribution < 1.29 is 9.90 Å². The van der Waals surface area contributed by atoms with Crippen LogP contribution in [0.4, 0.5) is 0 Å². The molecule has 1 unspecified atom stereocenters. The highest BCUT2D eigenvalue weighted by atomic mass is 35.5. The fourth-order valence-corrected chi connectivity index (χ4v) is 2.48. The first-order valence-corrected chi connectivity index (χ1v) is 7.04. The number of carbonyl (C=O) groups is 1. The minimum Gasteiger partial charge on any atom is -0.479 e. The van der Waals surface area contributed by atoms with E-state index < -0.39 is 11.3 Å². The molecule has 17 heavy (non-hydrogen) atoms. The van der Waals surface area contributed by atoms with E-state index in [0.717, 1.165) is 4.90 Å². The van der Waals surface area contributed by atoms with Gasteiger partial charge in [-0.15, -0.1) is 24.2 Å². The molecule has 0 saturated carbocycles. The van der Waals surface area contributed by atoms with Crippen molar-refractivity contribution in [3.63, 3.8) is 0 Å².